The molecule has 2 aromatic carbocycles. The van der Waals surface area contributed by atoms with Crippen LogP contribution in [0.1, 0.15) is 49.7 Å². The van der Waals surface area contributed by atoms with E-state index in [0.29, 0.717) is 22.0 Å². The average molecular weight is 437 g/mol. The van der Waals surface area contributed by atoms with Gasteiger partial charge >= 0.3 is 5.69 Å². The van der Waals surface area contributed by atoms with Crippen molar-refractivity contribution in [1.82, 2.24) is 24.1 Å². The van der Waals surface area contributed by atoms with E-state index in [4.69, 9.17) is 0 Å². The molecule has 8 nitrogen and oxygen atoms in total. The summed E-state index contributed by atoms with van der Waals surface area (Å²) in [5.74, 6) is -0.483. The minimum absolute atomic E-state index is 0.0617. The Morgan fingerprint density at radius 1 is 1.06 bits per heavy atom. The maximum atomic E-state index is 13.3. The van der Waals surface area contributed by atoms with E-state index in [2.05, 4.69) is 10.4 Å². The maximum absolute atomic E-state index is 13.3. The average Bonchev–Trinajstić information content (AvgIpc) is 3.04. The van der Waals surface area contributed by atoms with Crippen LogP contribution in [0.3, 0.4) is 0 Å². The summed E-state index contributed by atoms with van der Waals surface area (Å²) >= 11 is 0. The zero-order valence-electron chi connectivity index (χ0n) is 18.3. The lowest BCUT2D eigenvalue weighted by Crippen LogP contribution is -2.31. The second-order valence-corrected chi connectivity index (χ2v) is 8.33. The lowest BCUT2D eigenvalue weighted by Gasteiger charge is -2.13. The van der Waals surface area contributed by atoms with Crippen LogP contribution in [0.4, 0.5) is 4.39 Å². The second-order valence-electron chi connectivity index (χ2n) is 8.33. The van der Waals surface area contributed by atoms with Gasteiger partial charge in [0.05, 0.1) is 17.4 Å². The van der Waals surface area contributed by atoms with Gasteiger partial charge in [-0.2, -0.15) is 0 Å². The van der Waals surface area contributed by atoms with E-state index in [1.807, 2.05) is 27.7 Å². The van der Waals surface area contributed by atoms with Gasteiger partial charge in [-0.3, -0.25) is 14.2 Å². The second kappa shape index (κ2) is 8.07. The highest BCUT2D eigenvalue weighted by molar-refractivity contribution is 5.98. The molecular formula is C23H24FN5O3. The van der Waals surface area contributed by atoms with Gasteiger partial charge in [-0.1, -0.05) is 12.1 Å². The van der Waals surface area contributed by atoms with E-state index in [9.17, 15) is 18.8 Å². The van der Waals surface area contributed by atoms with Gasteiger partial charge < -0.3 is 5.32 Å². The fourth-order valence-corrected chi connectivity index (χ4v) is 3.70. The molecule has 0 radical (unpaired) electrons. The molecule has 0 aliphatic heterocycles. The highest BCUT2D eigenvalue weighted by Gasteiger charge is 2.20. The van der Waals surface area contributed by atoms with Gasteiger partial charge in [-0.05, 0) is 63.6 Å². The van der Waals surface area contributed by atoms with Gasteiger partial charge in [0.25, 0.3) is 11.5 Å². The van der Waals surface area contributed by atoms with Crippen LogP contribution >= 0.6 is 0 Å². The van der Waals surface area contributed by atoms with Crippen LogP contribution < -0.4 is 16.6 Å². The van der Waals surface area contributed by atoms with Crippen LogP contribution in [0.2, 0.25) is 0 Å². The van der Waals surface area contributed by atoms with Crippen LogP contribution in [0.15, 0.2) is 52.1 Å². The third kappa shape index (κ3) is 3.70. The van der Waals surface area contributed by atoms with Crippen molar-refractivity contribution in [2.75, 3.05) is 0 Å². The summed E-state index contributed by atoms with van der Waals surface area (Å²) < 4.78 is 17.3. The quantitative estimate of drug-likeness (QED) is 0.520. The Hall–Kier alpha value is -3.75. The van der Waals surface area contributed by atoms with E-state index >= 15 is 0 Å². The molecule has 0 atom stereocenters. The van der Waals surface area contributed by atoms with E-state index < -0.39 is 5.69 Å². The Kier molecular flexibility index (Phi) is 5.41. The third-order valence-electron chi connectivity index (χ3n) is 5.17. The molecule has 32 heavy (non-hydrogen) atoms. The molecule has 0 fully saturated rings. The molecule has 9 heteroatoms. The number of aromatic nitrogens is 4. The van der Waals surface area contributed by atoms with Crippen LogP contribution in [-0.4, -0.2) is 30.7 Å². The van der Waals surface area contributed by atoms with Crippen molar-refractivity contribution in [3.63, 3.8) is 0 Å². The Morgan fingerprint density at radius 3 is 2.38 bits per heavy atom. The Labute approximate surface area is 182 Å². The predicted molar refractivity (Wildman–Crippen MR) is 120 cm³/mol. The van der Waals surface area contributed by atoms with Crippen molar-refractivity contribution < 1.29 is 9.18 Å². The minimum atomic E-state index is -0.454. The Morgan fingerprint density at radius 2 is 1.75 bits per heavy atom. The molecule has 0 saturated heterocycles. The first-order valence-corrected chi connectivity index (χ1v) is 10.4. The molecule has 1 amide bonds. The molecule has 1 N–H and O–H groups in total. The molecule has 0 aliphatic rings. The van der Waals surface area contributed by atoms with Gasteiger partial charge in [-0.15, -0.1) is 5.10 Å². The number of carbonyl (C=O) groups excluding carboxylic acids is 1. The number of carbonyl (C=O) groups is 1. The van der Waals surface area contributed by atoms with E-state index in [1.165, 1.54) is 31.8 Å². The van der Waals surface area contributed by atoms with Crippen molar-refractivity contribution >= 4 is 22.6 Å². The number of halogens is 1. The molecule has 0 unspecified atom stereocenters. The van der Waals surface area contributed by atoms with Gasteiger partial charge in [0.15, 0.2) is 0 Å². The first kappa shape index (κ1) is 21.5. The summed E-state index contributed by atoms with van der Waals surface area (Å²) in [5.41, 5.74) is 0.597. The summed E-state index contributed by atoms with van der Waals surface area (Å²) in [5, 5.41) is 7.55. The normalized spacial score (nSPS) is 11.7. The number of benzene rings is 2. The lowest BCUT2D eigenvalue weighted by atomic mass is 10.1. The van der Waals surface area contributed by atoms with E-state index in [-0.39, 0.29) is 41.7 Å². The molecule has 4 rings (SSSR count). The zero-order chi connectivity index (χ0) is 23.2. The molecule has 4 aromatic rings. The number of nitrogens with zero attached hydrogens (tertiary/aromatic N) is 4. The maximum Gasteiger partial charge on any atom is 0.352 e. The van der Waals surface area contributed by atoms with Gasteiger partial charge in [0.1, 0.15) is 5.82 Å². The van der Waals surface area contributed by atoms with Crippen molar-refractivity contribution in [2.45, 2.75) is 46.3 Å². The predicted octanol–water partition coefficient (Wildman–Crippen LogP) is 2.72. The molecule has 0 bridgehead atoms. The van der Waals surface area contributed by atoms with Crippen molar-refractivity contribution in [3.05, 3.63) is 80.2 Å². The lowest BCUT2D eigenvalue weighted by molar-refractivity contribution is 0.0943. The topological polar surface area (TPSA) is 90.4 Å². The molecule has 2 aromatic heterocycles. The summed E-state index contributed by atoms with van der Waals surface area (Å²) in [6, 6.07) is 10.2. The highest BCUT2D eigenvalue weighted by Crippen LogP contribution is 2.17. The molecule has 0 spiro atoms. The summed E-state index contributed by atoms with van der Waals surface area (Å²) in [6.07, 6.45) is 0. The largest absolute Gasteiger partial charge is 0.352 e. The molecule has 0 aliphatic carbocycles. The van der Waals surface area contributed by atoms with E-state index in [1.54, 1.807) is 24.3 Å². The SMILES string of the molecule is CC(C)NC(=O)c1ccc2c(=O)n(C(C)C)c3nn(Cc4ccc(F)cc4)c(=O)n3c2c1. The number of hydrogen-bond donors (Lipinski definition) is 1. The van der Waals surface area contributed by atoms with Crippen molar-refractivity contribution in [2.24, 2.45) is 0 Å². The number of amides is 1. The van der Waals surface area contributed by atoms with Crippen LogP contribution in [-0.2, 0) is 6.54 Å². The zero-order valence-corrected chi connectivity index (χ0v) is 18.3. The fraction of sp³-hybridized carbons (Fsp3) is 0.304. The first-order valence-electron chi connectivity index (χ1n) is 10.4. The van der Waals surface area contributed by atoms with Crippen molar-refractivity contribution in [1.29, 1.82) is 0 Å². The Balaban J connectivity index is 1.99. The third-order valence-corrected chi connectivity index (χ3v) is 5.17. The number of hydrogen-bond acceptors (Lipinski definition) is 4. The van der Waals surface area contributed by atoms with Gasteiger partial charge in [0.2, 0.25) is 5.78 Å². The standard InChI is InChI=1S/C23H24FN5O3/c1-13(2)25-20(30)16-7-10-18-19(11-16)29-22(28(14(3)4)21(18)31)26-27(23(29)32)12-15-5-8-17(24)9-6-15/h5-11,13-14H,12H2,1-4H3,(H,25,30). The molecular weight excluding hydrogens is 413 g/mol. The Bertz CT molecular complexity index is 1450. The summed E-state index contributed by atoms with van der Waals surface area (Å²) in [6.45, 7) is 7.48. The van der Waals surface area contributed by atoms with Gasteiger partial charge in [0, 0.05) is 17.6 Å². The summed E-state index contributed by atoms with van der Waals surface area (Å²) in [7, 11) is 0. The van der Waals surface area contributed by atoms with Gasteiger partial charge in [-0.25, -0.2) is 18.3 Å². The molecule has 2 heterocycles. The summed E-state index contributed by atoms with van der Waals surface area (Å²) in [4.78, 5) is 39.1. The monoisotopic (exact) mass is 437 g/mol. The number of fused-ring (bicyclic) bond motifs is 3. The fourth-order valence-electron chi connectivity index (χ4n) is 3.70. The molecule has 0 saturated carbocycles. The first-order chi connectivity index (χ1) is 15.2. The number of rotatable bonds is 5. The highest BCUT2D eigenvalue weighted by atomic mass is 19.1. The van der Waals surface area contributed by atoms with E-state index in [0.717, 1.165) is 0 Å². The van der Waals surface area contributed by atoms with Crippen molar-refractivity contribution in [3.8, 4) is 0 Å². The van der Waals surface area contributed by atoms with Crippen LogP contribution in [0, 0.1) is 5.82 Å². The van der Waals surface area contributed by atoms with Crippen LogP contribution in [0.25, 0.3) is 16.7 Å². The number of nitrogens with one attached hydrogen (secondary N) is 1. The molecule has 166 valence electrons. The van der Waals surface area contributed by atoms with Crippen LogP contribution in [0.5, 0.6) is 0 Å². The minimum Gasteiger partial charge on any atom is -0.350 e. The smallest absolute Gasteiger partial charge is 0.350 e.